The number of thioether (sulfide) groups is 2. The van der Waals surface area contributed by atoms with Gasteiger partial charge in [0.2, 0.25) is 0 Å². The highest BCUT2D eigenvalue weighted by Gasteiger charge is 2.75. The van der Waals surface area contributed by atoms with Gasteiger partial charge < -0.3 is 10.0 Å². The minimum Gasteiger partial charge on any atom is -0.400 e. The van der Waals surface area contributed by atoms with Gasteiger partial charge in [0.25, 0.3) is 21.8 Å². The minimum atomic E-state index is -4.29. The number of nitrogens with zero attached hydrogens (tertiary/aromatic N) is 3. The van der Waals surface area contributed by atoms with E-state index in [1.165, 1.54) is 46.6 Å². The molecule has 4 aliphatic rings. The molecule has 3 aromatic carbocycles. The van der Waals surface area contributed by atoms with Crippen molar-refractivity contribution in [3.63, 3.8) is 0 Å². The number of anilines is 1. The highest BCUT2D eigenvalue weighted by atomic mass is 32.2. The van der Waals surface area contributed by atoms with Crippen LogP contribution in [0.15, 0.2) is 89.8 Å². The number of hydrogen-bond donors (Lipinski definition) is 1. The number of fused-ring (bicyclic) bond motifs is 6. The molecule has 4 atom stereocenters. The van der Waals surface area contributed by atoms with Crippen LogP contribution in [0.1, 0.15) is 49.8 Å². The maximum absolute atomic E-state index is 15.2. The predicted molar refractivity (Wildman–Crippen MR) is 201 cm³/mol. The zero-order valence-electron chi connectivity index (χ0n) is 28.9. The SMILES string of the molecule is CC(=O)CCS[C@H]1C(=O)N2[C@H]3N(S(=O)(=O)c4ccccc4)c4ccccc4[C@@]3(C3=CCc4ccccc43)C[C@]2(SCCC(C)=O)C(=O)N1C.CO. The van der Waals surface area contributed by atoms with Crippen molar-refractivity contribution in [3.05, 3.63) is 102 Å². The molecule has 1 aliphatic carbocycles. The molecule has 51 heavy (non-hydrogen) atoms. The predicted octanol–water partition coefficient (Wildman–Crippen LogP) is 4.86. The van der Waals surface area contributed by atoms with Crippen LogP contribution in [0.5, 0.6) is 0 Å². The standard InChI is InChI=1S/C37H37N3O6S3.CH4O/c1-24(41)19-21-47-33-32(43)39-34-36(29-18-17-26-11-7-8-14-28(26)29,23-37(39,35(44)38(33)3)48-22-20-25(2)42)30-15-9-10-16-31(30)40(34)49(45,46)27-12-5-4-6-13-27;1-2/h4-16,18,33-34H,17,19-23H2,1-3H3;2H,1H3/t33-,34-,36-,37-;/m0./s1. The fourth-order valence-corrected chi connectivity index (χ4v) is 12.5. The number of carbonyl (C=O) groups is 4. The van der Waals surface area contributed by atoms with Gasteiger partial charge in [-0.25, -0.2) is 12.7 Å². The number of aliphatic hydroxyl groups is 1. The number of rotatable bonds is 11. The van der Waals surface area contributed by atoms with Crippen LogP contribution in [0.3, 0.4) is 0 Å². The van der Waals surface area contributed by atoms with E-state index >= 15 is 4.79 Å². The summed E-state index contributed by atoms with van der Waals surface area (Å²) in [6.07, 6.45) is 2.16. The number of sulfonamides is 1. The van der Waals surface area contributed by atoms with Gasteiger partial charge in [0, 0.05) is 44.9 Å². The fourth-order valence-electron chi connectivity index (χ4n) is 7.93. The molecule has 0 bridgehead atoms. The Kier molecular flexibility index (Phi) is 10.3. The first-order valence-corrected chi connectivity index (χ1v) is 20.2. The van der Waals surface area contributed by atoms with E-state index < -0.39 is 37.8 Å². The normalized spacial score (nSPS) is 24.6. The summed E-state index contributed by atoms with van der Waals surface area (Å²) in [5.74, 6) is -0.205. The molecule has 13 heteroatoms. The summed E-state index contributed by atoms with van der Waals surface area (Å²) in [5, 5.41) is 6.03. The number of hydrogen-bond acceptors (Lipinski definition) is 9. The maximum atomic E-state index is 15.2. The summed E-state index contributed by atoms with van der Waals surface area (Å²) < 4.78 is 31.3. The Balaban J connectivity index is 0.00000220. The number of Topliss-reactive ketones (excluding diaryl/α,β-unsaturated/α-hetero) is 2. The Labute approximate surface area is 307 Å². The van der Waals surface area contributed by atoms with Crippen molar-refractivity contribution in [3.8, 4) is 0 Å². The third-order valence-electron chi connectivity index (χ3n) is 10.0. The molecule has 0 saturated carbocycles. The van der Waals surface area contributed by atoms with Gasteiger partial charge in [-0.2, -0.15) is 0 Å². The summed E-state index contributed by atoms with van der Waals surface area (Å²) in [6, 6.07) is 23.6. The van der Waals surface area contributed by atoms with E-state index in [4.69, 9.17) is 5.11 Å². The molecule has 3 heterocycles. The molecular weight excluding hydrogens is 707 g/mol. The minimum absolute atomic E-state index is 0.0303. The summed E-state index contributed by atoms with van der Waals surface area (Å²) >= 11 is 2.46. The second-order valence-corrected chi connectivity index (χ2v) is 17.4. The van der Waals surface area contributed by atoms with E-state index in [9.17, 15) is 22.8 Å². The van der Waals surface area contributed by atoms with Crippen molar-refractivity contribution in [2.45, 2.75) is 66.3 Å². The Morgan fingerprint density at radius 1 is 0.882 bits per heavy atom. The lowest BCUT2D eigenvalue weighted by Gasteiger charge is -2.50. The fraction of sp³-hybridized carbons (Fsp3) is 0.368. The van der Waals surface area contributed by atoms with Gasteiger partial charge in [-0.05, 0) is 60.7 Å². The van der Waals surface area contributed by atoms with E-state index in [0.29, 0.717) is 17.9 Å². The number of para-hydroxylation sites is 1. The molecule has 3 aliphatic heterocycles. The van der Waals surface area contributed by atoms with E-state index in [1.807, 2.05) is 30.3 Å². The molecule has 268 valence electrons. The molecular formula is C38H41N3O7S3. The molecule has 7 rings (SSSR count). The number of aliphatic hydroxyl groups excluding tert-OH is 1. The number of benzene rings is 3. The summed E-state index contributed by atoms with van der Waals surface area (Å²) in [7, 11) is -1.69. The highest BCUT2D eigenvalue weighted by Crippen LogP contribution is 2.67. The molecule has 0 aromatic heterocycles. The number of likely N-dealkylation sites (N-methyl/N-ethyl adjacent to an activating group) is 1. The number of carbonyl (C=O) groups excluding carboxylic acids is 4. The van der Waals surface area contributed by atoms with Crippen molar-refractivity contribution in [2.75, 3.05) is 30.0 Å². The van der Waals surface area contributed by atoms with Gasteiger partial charge in [0.15, 0.2) is 10.2 Å². The topological polar surface area (TPSA) is 132 Å². The van der Waals surface area contributed by atoms with Crippen LogP contribution in [-0.4, -0.2) is 88.8 Å². The third-order valence-corrected chi connectivity index (χ3v) is 14.5. The van der Waals surface area contributed by atoms with E-state index in [0.717, 1.165) is 29.4 Å². The van der Waals surface area contributed by atoms with Gasteiger partial charge in [0.05, 0.1) is 16.0 Å². The second-order valence-electron chi connectivity index (χ2n) is 13.0. The van der Waals surface area contributed by atoms with Gasteiger partial charge in [0.1, 0.15) is 17.7 Å². The molecule has 1 N–H and O–H groups in total. The van der Waals surface area contributed by atoms with E-state index in [2.05, 4.69) is 12.1 Å². The van der Waals surface area contributed by atoms with Crippen LogP contribution >= 0.6 is 23.5 Å². The molecule has 3 aromatic rings. The van der Waals surface area contributed by atoms with Gasteiger partial charge in [-0.3, -0.25) is 24.1 Å². The lowest BCUT2D eigenvalue weighted by atomic mass is 9.70. The van der Waals surface area contributed by atoms with Crippen LogP contribution in [0.25, 0.3) is 5.57 Å². The molecule has 2 saturated heterocycles. The Bertz CT molecular complexity index is 2020. The summed E-state index contributed by atoms with van der Waals surface area (Å²) in [4.78, 5) is 55.8. The van der Waals surface area contributed by atoms with Gasteiger partial charge in [-0.1, -0.05) is 66.7 Å². The van der Waals surface area contributed by atoms with Crippen LogP contribution < -0.4 is 4.31 Å². The van der Waals surface area contributed by atoms with Crippen molar-refractivity contribution in [1.82, 2.24) is 9.80 Å². The quantitative estimate of drug-likeness (QED) is 0.292. The number of amides is 2. The zero-order chi connectivity index (χ0) is 36.7. The average Bonchev–Trinajstić information content (AvgIpc) is 3.77. The number of piperazine rings is 1. The highest BCUT2D eigenvalue weighted by molar-refractivity contribution is 8.01. The van der Waals surface area contributed by atoms with Crippen LogP contribution in [-0.2, 0) is 41.0 Å². The maximum Gasteiger partial charge on any atom is 0.266 e. The first kappa shape index (κ1) is 36.9. The van der Waals surface area contributed by atoms with Crippen LogP contribution in [0.4, 0.5) is 5.69 Å². The molecule has 0 unspecified atom stereocenters. The number of allylic oxidation sites excluding steroid dienone is 1. The molecule has 0 spiro atoms. The lowest BCUT2D eigenvalue weighted by molar-refractivity contribution is -0.157. The van der Waals surface area contributed by atoms with Crippen LogP contribution in [0.2, 0.25) is 0 Å². The first-order valence-electron chi connectivity index (χ1n) is 16.7. The average molecular weight is 748 g/mol. The van der Waals surface area contributed by atoms with Crippen molar-refractivity contribution in [1.29, 1.82) is 0 Å². The van der Waals surface area contributed by atoms with E-state index in [-0.39, 0.29) is 47.4 Å². The molecule has 2 fully saturated rings. The Morgan fingerprint density at radius 2 is 1.51 bits per heavy atom. The zero-order valence-corrected chi connectivity index (χ0v) is 31.4. The third kappa shape index (κ3) is 5.82. The molecule has 10 nitrogen and oxygen atoms in total. The smallest absolute Gasteiger partial charge is 0.266 e. The first-order chi connectivity index (χ1) is 24.4. The van der Waals surface area contributed by atoms with Crippen molar-refractivity contribution in [2.24, 2.45) is 0 Å². The van der Waals surface area contributed by atoms with Gasteiger partial charge in [-0.15, -0.1) is 23.5 Å². The van der Waals surface area contributed by atoms with Crippen molar-refractivity contribution < 1.29 is 32.7 Å². The monoisotopic (exact) mass is 747 g/mol. The van der Waals surface area contributed by atoms with Crippen molar-refractivity contribution >= 4 is 68.2 Å². The largest absolute Gasteiger partial charge is 0.400 e. The van der Waals surface area contributed by atoms with E-state index in [1.54, 1.807) is 54.4 Å². The molecule has 0 radical (unpaired) electrons. The second kappa shape index (κ2) is 14.3. The lowest BCUT2D eigenvalue weighted by Crippen LogP contribution is -2.70. The Morgan fingerprint density at radius 3 is 2.22 bits per heavy atom. The van der Waals surface area contributed by atoms with Crippen LogP contribution in [0, 0.1) is 0 Å². The molecule has 2 amide bonds. The number of ketones is 2. The summed E-state index contributed by atoms with van der Waals surface area (Å²) in [6.45, 7) is 2.98. The summed E-state index contributed by atoms with van der Waals surface area (Å²) in [5.41, 5.74) is 3.00. The Hall–Kier alpha value is -3.91. The van der Waals surface area contributed by atoms with Gasteiger partial charge >= 0.3 is 0 Å².